The fourth-order valence-electron chi connectivity index (χ4n) is 3.23. The number of carbonyl (C=O) groups is 2. The number of carbonyl (C=O) groups excluding carboxylic acids is 2. The molecule has 2 aromatic rings. The lowest BCUT2D eigenvalue weighted by Crippen LogP contribution is -2.03. The third-order valence-electron chi connectivity index (χ3n) is 4.46. The molecular weight excluding hydrogens is 346 g/mol. The summed E-state index contributed by atoms with van der Waals surface area (Å²) in [6.07, 6.45) is 0. The number of hydrogen-bond acceptors (Lipinski definition) is 5. The molecule has 2 heterocycles. The summed E-state index contributed by atoms with van der Waals surface area (Å²) in [7, 11) is 3.12. The van der Waals surface area contributed by atoms with E-state index in [0.29, 0.717) is 34.0 Å². The standard InChI is InChI=1S/C21H21NO5/c1-12(2)17-18(21(24)27-20(17)23)13(3)15-11-16(25-4)22(19(15)26-5)14-9-7-6-8-10-14/h6-11H,1-5H3. The Balaban J connectivity index is 2.30. The molecule has 6 heteroatoms. The van der Waals surface area contributed by atoms with Crippen LogP contribution in [-0.2, 0) is 14.3 Å². The Kier molecular flexibility index (Phi) is 4.90. The molecule has 0 unspecified atom stereocenters. The Morgan fingerprint density at radius 3 is 2.11 bits per heavy atom. The van der Waals surface area contributed by atoms with Crippen molar-refractivity contribution in [2.24, 2.45) is 0 Å². The van der Waals surface area contributed by atoms with Gasteiger partial charge in [0.05, 0.1) is 31.1 Å². The average Bonchev–Trinajstić information content (AvgIpc) is 3.18. The number of benzene rings is 1. The van der Waals surface area contributed by atoms with Gasteiger partial charge in [0.15, 0.2) is 0 Å². The summed E-state index contributed by atoms with van der Waals surface area (Å²) in [5.41, 5.74) is 3.36. The quantitative estimate of drug-likeness (QED) is 0.468. The summed E-state index contributed by atoms with van der Waals surface area (Å²) in [5.74, 6) is -0.224. The Labute approximate surface area is 157 Å². The van der Waals surface area contributed by atoms with Crippen LogP contribution in [0.5, 0.6) is 11.8 Å². The molecule has 3 rings (SSSR count). The van der Waals surface area contributed by atoms with Gasteiger partial charge in [-0.05, 0) is 38.5 Å². The minimum absolute atomic E-state index is 0.256. The smallest absolute Gasteiger partial charge is 0.347 e. The molecule has 1 aliphatic rings. The third-order valence-corrected chi connectivity index (χ3v) is 4.46. The molecule has 0 N–H and O–H groups in total. The molecule has 0 amide bonds. The maximum absolute atomic E-state index is 12.3. The highest BCUT2D eigenvalue weighted by Gasteiger charge is 2.37. The van der Waals surface area contributed by atoms with Gasteiger partial charge in [-0.1, -0.05) is 23.8 Å². The highest BCUT2D eigenvalue weighted by Crippen LogP contribution is 2.40. The van der Waals surface area contributed by atoms with Crippen molar-refractivity contribution in [2.45, 2.75) is 20.8 Å². The molecule has 0 radical (unpaired) electrons. The van der Waals surface area contributed by atoms with Gasteiger partial charge in [0.25, 0.3) is 0 Å². The Morgan fingerprint density at radius 2 is 1.56 bits per heavy atom. The minimum atomic E-state index is -0.651. The second-order valence-electron chi connectivity index (χ2n) is 6.33. The zero-order valence-corrected chi connectivity index (χ0v) is 16.0. The van der Waals surface area contributed by atoms with Gasteiger partial charge in [0.1, 0.15) is 0 Å². The predicted octanol–water partition coefficient (Wildman–Crippen LogP) is 3.69. The maximum atomic E-state index is 12.3. The van der Waals surface area contributed by atoms with Crippen molar-refractivity contribution >= 4 is 17.5 Å². The van der Waals surface area contributed by atoms with Gasteiger partial charge in [-0.2, -0.15) is 0 Å². The first-order chi connectivity index (χ1) is 12.9. The maximum Gasteiger partial charge on any atom is 0.347 e. The van der Waals surface area contributed by atoms with E-state index in [1.807, 2.05) is 34.9 Å². The van der Waals surface area contributed by atoms with E-state index in [1.165, 1.54) is 0 Å². The number of para-hydroxylation sites is 1. The van der Waals surface area contributed by atoms with Crippen LogP contribution in [0.25, 0.3) is 11.3 Å². The van der Waals surface area contributed by atoms with Gasteiger partial charge in [0.2, 0.25) is 11.8 Å². The monoisotopic (exact) mass is 367 g/mol. The van der Waals surface area contributed by atoms with E-state index in [2.05, 4.69) is 0 Å². The van der Waals surface area contributed by atoms with Crippen LogP contribution in [0.1, 0.15) is 26.3 Å². The second-order valence-corrected chi connectivity index (χ2v) is 6.33. The van der Waals surface area contributed by atoms with E-state index in [9.17, 15) is 9.59 Å². The van der Waals surface area contributed by atoms with Gasteiger partial charge in [0, 0.05) is 11.6 Å². The van der Waals surface area contributed by atoms with Crippen LogP contribution in [-0.4, -0.2) is 30.7 Å². The minimum Gasteiger partial charge on any atom is -0.482 e. The summed E-state index contributed by atoms with van der Waals surface area (Å²) in [5, 5.41) is 0. The Bertz CT molecular complexity index is 976. The third kappa shape index (κ3) is 3.03. The van der Waals surface area contributed by atoms with Gasteiger partial charge in [-0.15, -0.1) is 0 Å². The molecular formula is C21H21NO5. The fourth-order valence-corrected chi connectivity index (χ4v) is 3.23. The lowest BCUT2D eigenvalue weighted by atomic mass is 9.96. The number of cyclic esters (lactones) is 2. The molecule has 0 aliphatic carbocycles. The van der Waals surface area contributed by atoms with Crippen LogP contribution in [0.15, 0.2) is 53.1 Å². The summed E-state index contributed by atoms with van der Waals surface area (Å²) >= 11 is 0. The van der Waals surface area contributed by atoms with E-state index in [0.717, 1.165) is 5.69 Å². The SMILES string of the molecule is COc1cc(C(C)=C2C(=O)OC(=O)C2=C(C)C)c(OC)n1-c1ccccc1. The number of methoxy groups -OCH3 is 2. The van der Waals surface area contributed by atoms with Crippen molar-refractivity contribution in [3.63, 3.8) is 0 Å². The van der Waals surface area contributed by atoms with Gasteiger partial charge in [-0.3, -0.25) is 4.57 Å². The van der Waals surface area contributed by atoms with Gasteiger partial charge >= 0.3 is 11.9 Å². The number of allylic oxidation sites excluding steroid dienone is 2. The highest BCUT2D eigenvalue weighted by atomic mass is 16.6. The highest BCUT2D eigenvalue weighted by molar-refractivity contribution is 6.22. The van der Waals surface area contributed by atoms with Crippen LogP contribution in [0.2, 0.25) is 0 Å². The predicted molar refractivity (Wildman–Crippen MR) is 101 cm³/mol. The van der Waals surface area contributed by atoms with Crippen molar-refractivity contribution < 1.29 is 23.8 Å². The summed E-state index contributed by atoms with van der Waals surface area (Å²) in [4.78, 5) is 24.4. The number of aromatic nitrogens is 1. The van der Waals surface area contributed by atoms with E-state index in [-0.39, 0.29) is 5.57 Å². The first-order valence-electron chi connectivity index (χ1n) is 8.45. The number of nitrogens with zero attached hydrogens (tertiary/aromatic N) is 1. The van der Waals surface area contributed by atoms with E-state index >= 15 is 0 Å². The zero-order chi connectivity index (χ0) is 19.7. The van der Waals surface area contributed by atoms with E-state index < -0.39 is 11.9 Å². The molecule has 0 bridgehead atoms. The summed E-state index contributed by atoms with van der Waals surface area (Å²) < 4.78 is 17.8. The molecule has 140 valence electrons. The van der Waals surface area contributed by atoms with Gasteiger partial charge in [-0.25, -0.2) is 9.59 Å². The van der Waals surface area contributed by atoms with E-state index in [1.54, 1.807) is 41.1 Å². The van der Waals surface area contributed by atoms with Crippen molar-refractivity contribution in [3.05, 3.63) is 58.7 Å². The molecule has 6 nitrogen and oxygen atoms in total. The molecule has 1 aromatic carbocycles. The number of rotatable bonds is 4. The molecule has 0 spiro atoms. The molecule has 1 aliphatic heterocycles. The van der Waals surface area contributed by atoms with Crippen LogP contribution >= 0.6 is 0 Å². The van der Waals surface area contributed by atoms with Crippen molar-refractivity contribution in [1.82, 2.24) is 4.57 Å². The van der Waals surface area contributed by atoms with Crippen LogP contribution in [0.4, 0.5) is 0 Å². The number of ether oxygens (including phenoxy) is 3. The largest absolute Gasteiger partial charge is 0.482 e. The topological polar surface area (TPSA) is 66.8 Å². The zero-order valence-electron chi connectivity index (χ0n) is 16.0. The van der Waals surface area contributed by atoms with Gasteiger partial charge < -0.3 is 14.2 Å². The summed E-state index contributed by atoms with van der Waals surface area (Å²) in [6.45, 7) is 5.32. The van der Waals surface area contributed by atoms with Crippen LogP contribution < -0.4 is 9.47 Å². The second kappa shape index (κ2) is 7.15. The Hall–Kier alpha value is -3.28. The molecule has 27 heavy (non-hydrogen) atoms. The van der Waals surface area contributed by atoms with Crippen molar-refractivity contribution in [1.29, 1.82) is 0 Å². The first-order valence-corrected chi connectivity index (χ1v) is 8.45. The molecule has 1 aromatic heterocycles. The molecule has 1 saturated heterocycles. The molecule has 1 fully saturated rings. The van der Waals surface area contributed by atoms with Crippen LogP contribution in [0.3, 0.4) is 0 Å². The van der Waals surface area contributed by atoms with Crippen LogP contribution in [0, 0.1) is 0 Å². The summed E-state index contributed by atoms with van der Waals surface area (Å²) in [6, 6.07) is 11.4. The lowest BCUT2D eigenvalue weighted by molar-refractivity contribution is -0.149. The molecule has 0 saturated carbocycles. The first kappa shape index (κ1) is 18.5. The average molecular weight is 367 g/mol. The number of esters is 2. The Morgan fingerprint density at radius 1 is 0.926 bits per heavy atom. The van der Waals surface area contributed by atoms with E-state index in [4.69, 9.17) is 14.2 Å². The number of hydrogen-bond donors (Lipinski definition) is 0. The van der Waals surface area contributed by atoms with Crippen molar-refractivity contribution in [2.75, 3.05) is 14.2 Å². The van der Waals surface area contributed by atoms with Crippen molar-refractivity contribution in [3.8, 4) is 17.4 Å². The lowest BCUT2D eigenvalue weighted by Gasteiger charge is -2.12. The normalized spacial score (nSPS) is 15.7. The molecule has 0 atom stereocenters. The fraction of sp³-hybridized carbons (Fsp3) is 0.238.